The Morgan fingerprint density at radius 1 is 0.886 bits per heavy atom. The van der Waals surface area contributed by atoms with E-state index in [-0.39, 0.29) is 27.7 Å². The van der Waals surface area contributed by atoms with E-state index in [2.05, 4.69) is 15.3 Å². The Labute approximate surface area is 203 Å². The first-order valence-electron chi connectivity index (χ1n) is 10.2. The molecule has 1 unspecified atom stereocenters. The van der Waals surface area contributed by atoms with Gasteiger partial charge in [0, 0.05) is 23.8 Å². The van der Waals surface area contributed by atoms with Crippen LogP contribution in [-0.4, -0.2) is 21.8 Å². The number of hydrogen-bond acceptors (Lipinski definition) is 4. The zero-order chi connectivity index (χ0) is 24.9. The number of rotatable bonds is 6. The van der Waals surface area contributed by atoms with Gasteiger partial charge in [-0.1, -0.05) is 23.7 Å². The van der Waals surface area contributed by atoms with Gasteiger partial charge in [0.25, 0.3) is 11.8 Å². The van der Waals surface area contributed by atoms with Crippen LogP contribution in [0.25, 0.3) is 0 Å². The van der Waals surface area contributed by atoms with Gasteiger partial charge in [0.05, 0.1) is 11.2 Å². The van der Waals surface area contributed by atoms with Crippen molar-refractivity contribution < 1.29 is 22.8 Å². The molecule has 0 saturated heterocycles. The van der Waals surface area contributed by atoms with Crippen LogP contribution in [0.15, 0.2) is 85.3 Å². The van der Waals surface area contributed by atoms with Gasteiger partial charge < -0.3 is 5.32 Å². The molecule has 0 aliphatic heterocycles. The van der Waals surface area contributed by atoms with E-state index in [0.717, 1.165) is 35.2 Å². The Balaban J connectivity index is 1.86. The van der Waals surface area contributed by atoms with Crippen molar-refractivity contribution in [1.29, 1.82) is 0 Å². The fraction of sp³-hybridized carbons (Fsp3) is 0.0400. The van der Waals surface area contributed by atoms with Gasteiger partial charge in [0.1, 0.15) is 29.2 Å². The zero-order valence-electron chi connectivity index (χ0n) is 17.8. The largest absolute Gasteiger partial charge is 0.324 e. The molecule has 0 aliphatic rings. The molecule has 3 aromatic carbocycles. The fourth-order valence-electron chi connectivity index (χ4n) is 3.36. The van der Waals surface area contributed by atoms with Crippen molar-refractivity contribution in [3.8, 4) is 0 Å². The second-order valence-electron chi connectivity index (χ2n) is 7.31. The first kappa shape index (κ1) is 23.9. The highest BCUT2D eigenvalue weighted by Crippen LogP contribution is 2.33. The van der Waals surface area contributed by atoms with Crippen molar-refractivity contribution in [1.82, 2.24) is 9.97 Å². The lowest BCUT2D eigenvalue weighted by Crippen LogP contribution is -2.42. The molecule has 6 nitrogen and oxygen atoms in total. The molecule has 0 saturated carbocycles. The van der Waals surface area contributed by atoms with Crippen molar-refractivity contribution in [3.05, 3.63) is 119 Å². The Morgan fingerprint density at radius 3 is 2.14 bits per heavy atom. The number of aromatic nitrogens is 2. The van der Waals surface area contributed by atoms with E-state index in [1.807, 2.05) is 0 Å². The summed E-state index contributed by atoms with van der Waals surface area (Å²) >= 11 is 5.98. The second kappa shape index (κ2) is 10.4. The van der Waals surface area contributed by atoms with Gasteiger partial charge in [-0.15, -0.1) is 0 Å². The number of carbonyl (C=O) groups excluding carboxylic acids is 2. The molecule has 1 aromatic heterocycles. The van der Waals surface area contributed by atoms with Gasteiger partial charge in [-0.2, -0.15) is 0 Å². The molecule has 0 fully saturated rings. The second-order valence-corrected chi connectivity index (χ2v) is 7.72. The summed E-state index contributed by atoms with van der Waals surface area (Å²) in [5.41, 5.74) is 0.474. The SMILES string of the molecule is O=C(Nc1ccc(F)cc1)C(c1ccc(F)cc1)N(C(=O)c1cnccn1)c1ccc(F)c(Cl)c1. The van der Waals surface area contributed by atoms with Crippen LogP contribution in [0.2, 0.25) is 5.02 Å². The normalized spacial score (nSPS) is 11.5. The molecule has 0 aliphatic carbocycles. The average molecular weight is 497 g/mol. The van der Waals surface area contributed by atoms with E-state index in [0.29, 0.717) is 0 Å². The maximum Gasteiger partial charge on any atom is 0.279 e. The van der Waals surface area contributed by atoms with Crippen molar-refractivity contribution in [3.63, 3.8) is 0 Å². The van der Waals surface area contributed by atoms with Crippen LogP contribution in [0.5, 0.6) is 0 Å². The summed E-state index contributed by atoms with van der Waals surface area (Å²) < 4.78 is 41.0. The third-order valence-electron chi connectivity index (χ3n) is 4.99. The number of carbonyl (C=O) groups is 2. The van der Waals surface area contributed by atoms with Crippen molar-refractivity contribution in [2.75, 3.05) is 10.2 Å². The molecule has 0 spiro atoms. The summed E-state index contributed by atoms with van der Waals surface area (Å²) in [6, 6.07) is 12.1. The van der Waals surface area contributed by atoms with Gasteiger partial charge in [-0.05, 0) is 60.2 Å². The first-order valence-corrected chi connectivity index (χ1v) is 10.6. The number of benzene rings is 3. The molecular weight excluding hydrogens is 481 g/mol. The number of nitrogens with zero attached hydrogens (tertiary/aromatic N) is 3. The lowest BCUT2D eigenvalue weighted by Gasteiger charge is -2.31. The predicted molar refractivity (Wildman–Crippen MR) is 124 cm³/mol. The summed E-state index contributed by atoms with van der Waals surface area (Å²) in [5, 5.41) is 2.35. The Morgan fingerprint density at radius 2 is 1.54 bits per heavy atom. The van der Waals surface area contributed by atoms with Gasteiger partial charge in [-0.25, -0.2) is 18.2 Å². The quantitative estimate of drug-likeness (QED) is 0.378. The molecule has 1 N–H and O–H groups in total. The van der Waals surface area contributed by atoms with E-state index < -0.39 is 35.3 Å². The maximum absolute atomic E-state index is 13.9. The molecular formula is C25H16ClF3N4O2. The standard InChI is InChI=1S/C25H16ClF3N4O2/c26-20-13-19(9-10-21(20)29)33(25(35)22-14-30-11-12-31-22)23(15-1-3-16(27)4-2-15)24(34)32-18-7-5-17(28)6-8-18/h1-14,23H,(H,32,34). The number of nitrogens with one attached hydrogen (secondary N) is 1. The number of anilines is 2. The lowest BCUT2D eigenvalue weighted by molar-refractivity contribution is -0.117. The molecule has 176 valence electrons. The number of amides is 2. The van der Waals surface area contributed by atoms with E-state index in [1.54, 1.807) is 0 Å². The molecule has 4 rings (SSSR count). The van der Waals surface area contributed by atoms with Gasteiger partial charge in [-0.3, -0.25) is 19.5 Å². The molecule has 2 amide bonds. The molecule has 1 atom stereocenters. The van der Waals surface area contributed by atoms with E-state index in [9.17, 15) is 22.8 Å². The average Bonchev–Trinajstić information content (AvgIpc) is 2.86. The van der Waals surface area contributed by atoms with Crippen molar-refractivity contribution in [2.45, 2.75) is 6.04 Å². The van der Waals surface area contributed by atoms with Crippen LogP contribution in [0.1, 0.15) is 22.1 Å². The minimum absolute atomic E-state index is 0.0793. The predicted octanol–water partition coefficient (Wildman–Crippen LogP) is 5.57. The Kier molecular flexibility index (Phi) is 7.07. The van der Waals surface area contributed by atoms with Crippen LogP contribution in [0, 0.1) is 17.5 Å². The van der Waals surface area contributed by atoms with Crippen molar-refractivity contribution >= 4 is 34.8 Å². The lowest BCUT2D eigenvalue weighted by atomic mass is 10.0. The van der Waals surface area contributed by atoms with Gasteiger partial charge >= 0.3 is 0 Å². The van der Waals surface area contributed by atoms with E-state index >= 15 is 0 Å². The highest BCUT2D eigenvalue weighted by molar-refractivity contribution is 6.31. The van der Waals surface area contributed by atoms with Crippen LogP contribution in [0.3, 0.4) is 0 Å². The smallest absolute Gasteiger partial charge is 0.279 e. The molecule has 35 heavy (non-hydrogen) atoms. The molecule has 0 bridgehead atoms. The summed E-state index contributed by atoms with van der Waals surface area (Å²) in [5.74, 6) is -3.23. The topological polar surface area (TPSA) is 75.2 Å². The van der Waals surface area contributed by atoms with Crippen LogP contribution in [0.4, 0.5) is 24.5 Å². The van der Waals surface area contributed by atoms with Crippen molar-refractivity contribution in [2.24, 2.45) is 0 Å². The maximum atomic E-state index is 13.9. The monoisotopic (exact) mass is 496 g/mol. The summed E-state index contributed by atoms with van der Waals surface area (Å²) in [4.78, 5) is 36.1. The number of hydrogen-bond donors (Lipinski definition) is 1. The molecule has 10 heteroatoms. The van der Waals surface area contributed by atoms with E-state index in [4.69, 9.17) is 11.6 Å². The molecule has 1 heterocycles. The zero-order valence-corrected chi connectivity index (χ0v) is 18.6. The van der Waals surface area contributed by atoms with Gasteiger partial charge in [0.2, 0.25) is 0 Å². The highest BCUT2D eigenvalue weighted by Gasteiger charge is 2.34. The minimum atomic E-state index is -1.38. The summed E-state index contributed by atoms with van der Waals surface area (Å²) in [6.07, 6.45) is 3.88. The molecule has 4 aromatic rings. The third kappa shape index (κ3) is 5.47. The Bertz CT molecular complexity index is 1350. The third-order valence-corrected chi connectivity index (χ3v) is 5.28. The summed E-state index contributed by atoms with van der Waals surface area (Å²) in [6.45, 7) is 0. The highest BCUT2D eigenvalue weighted by atomic mass is 35.5. The number of halogens is 4. The first-order chi connectivity index (χ1) is 16.8. The minimum Gasteiger partial charge on any atom is -0.324 e. The molecule has 0 radical (unpaired) electrons. The fourth-order valence-corrected chi connectivity index (χ4v) is 3.53. The van der Waals surface area contributed by atoms with Crippen LogP contribution < -0.4 is 10.2 Å². The van der Waals surface area contributed by atoms with E-state index in [1.165, 1.54) is 55.0 Å². The van der Waals surface area contributed by atoms with Crippen LogP contribution in [-0.2, 0) is 4.79 Å². The van der Waals surface area contributed by atoms with Crippen LogP contribution >= 0.6 is 11.6 Å². The van der Waals surface area contributed by atoms with Gasteiger partial charge in [0.15, 0.2) is 0 Å². The summed E-state index contributed by atoms with van der Waals surface area (Å²) in [7, 11) is 0. The Hall–Kier alpha value is -4.24.